The second-order valence-corrected chi connectivity index (χ2v) is 2.10. The topological polar surface area (TPSA) is 18.5 Å². The summed E-state index contributed by atoms with van der Waals surface area (Å²) in [4.78, 5) is 0. The van der Waals surface area contributed by atoms with Crippen molar-refractivity contribution in [1.29, 1.82) is 0 Å². The van der Waals surface area contributed by atoms with Gasteiger partial charge in [-0.1, -0.05) is 12.7 Å². The van der Waals surface area contributed by atoms with Gasteiger partial charge in [0.25, 0.3) is 0 Å². The molecule has 60 valence electrons. The van der Waals surface area contributed by atoms with E-state index in [-0.39, 0.29) is 18.9 Å². The fraction of sp³-hybridized carbons (Fsp3) is 0.222. The number of benzene rings is 1. The normalized spacial score (nSPS) is 8.75. The minimum atomic E-state index is 0. The summed E-state index contributed by atoms with van der Waals surface area (Å²) in [5, 5.41) is 0. The molecular formula is C9H11LiO2. The Hall–Kier alpha value is -0.393. The third-order valence-corrected chi connectivity index (χ3v) is 1.20. The van der Waals surface area contributed by atoms with Gasteiger partial charge in [0.15, 0.2) is 0 Å². The predicted molar refractivity (Wildman–Crippen MR) is 42.8 cm³/mol. The fourth-order valence-electron chi connectivity index (χ4n) is 0.730. The molecule has 0 aromatic heterocycles. The van der Waals surface area contributed by atoms with Crippen LogP contribution in [0.25, 0.3) is 0 Å². The second kappa shape index (κ2) is 7.27. The number of methoxy groups -OCH3 is 1. The van der Waals surface area contributed by atoms with E-state index in [1.807, 2.05) is 30.3 Å². The quantitative estimate of drug-likeness (QED) is 0.238. The molecule has 0 aliphatic carbocycles. The molecule has 0 heterocycles. The van der Waals surface area contributed by atoms with Gasteiger partial charge >= 0.3 is 18.9 Å². The zero-order valence-electron chi connectivity index (χ0n) is 7.49. The maximum Gasteiger partial charge on any atom is 1.00 e. The van der Waals surface area contributed by atoms with Crippen LogP contribution in [-0.4, -0.2) is 13.9 Å². The molecule has 1 aromatic rings. The molecule has 0 atom stereocenters. The summed E-state index contributed by atoms with van der Waals surface area (Å²) in [5.74, 6) is 0. The molecular weight excluding hydrogens is 147 g/mol. The molecule has 0 N–H and O–H groups in total. The Morgan fingerprint density at radius 3 is 2.50 bits per heavy atom. The van der Waals surface area contributed by atoms with Gasteiger partial charge in [0.2, 0.25) is 0 Å². The molecule has 2 nitrogen and oxygen atoms in total. The predicted octanol–water partition coefficient (Wildman–Crippen LogP) is -1.18. The summed E-state index contributed by atoms with van der Waals surface area (Å²) in [7, 11) is 1.60. The van der Waals surface area contributed by atoms with Gasteiger partial charge < -0.3 is 9.47 Å². The van der Waals surface area contributed by atoms with Gasteiger partial charge in [0.1, 0.15) is 6.79 Å². The third-order valence-electron chi connectivity index (χ3n) is 1.20. The van der Waals surface area contributed by atoms with Crippen LogP contribution in [0.5, 0.6) is 0 Å². The van der Waals surface area contributed by atoms with Crippen LogP contribution >= 0.6 is 0 Å². The molecule has 0 saturated heterocycles. The first-order valence-corrected chi connectivity index (χ1v) is 3.42. The second-order valence-electron chi connectivity index (χ2n) is 2.10. The summed E-state index contributed by atoms with van der Waals surface area (Å²) in [5.41, 5.74) is 1.05. The van der Waals surface area contributed by atoms with Gasteiger partial charge in [0.05, 0.1) is 0 Å². The van der Waals surface area contributed by atoms with E-state index in [0.29, 0.717) is 6.79 Å². The standard InChI is InChI=1S/C9H11O2.Li/c1-10-8-11-7-9-5-3-2-4-6-9;/h2-7H,8H2,1H3;/q-1;+1. The number of rotatable bonds is 4. The zero-order valence-corrected chi connectivity index (χ0v) is 7.49. The average molecular weight is 158 g/mol. The molecule has 0 saturated carbocycles. The minimum Gasteiger partial charge on any atom is -0.389 e. The molecule has 1 rings (SSSR count). The van der Waals surface area contributed by atoms with E-state index in [1.54, 1.807) is 13.7 Å². The monoisotopic (exact) mass is 158 g/mol. The molecule has 0 aliphatic heterocycles. The Bertz CT molecular complexity index is 189. The molecule has 0 aliphatic rings. The Kier molecular flexibility index (Phi) is 7.03. The van der Waals surface area contributed by atoms with Crippen molar-refractivity contribution in [1.82, 2.24) is 0 Å². The molecule has 12 heavy (non-hydrogen) atoms. The Labute approximate surface area is 85.1 Å². The van der Waals surface area contributed by atoms with Crippen LogP contribution in [0.1, 0.15) is 5.56 Å². The summed E-state index contributed by atoms with van der Waals surface area (Å²) >= 11 is 0. The molecule has 0 bridgehead atoms. The van der Waals surface area contributed by atoms with Crippen LogP contribution in [0, 0.1) is 6.61 Å². The van der Waals surface area contributed by atoms with Gasteiger partial charge in [-0.25, -0.2) is 0 Å². The maximum atomic E-state index is 5.02. The molecule has 0 fully saturated rings. The van der Waals surface area contributed by atoms with Crippen molar-refractivity contribution < 1.29 is 28.3 Å². The number of ether oxygens (including phenoxy) is 2. The molecule has 0 unspecified atom stereocenters. The summed E-state index contributed by atoms with van der Waals surface area (Å²) in [6.07, 6.45) is 0. The molecule has 1 aromatic carbocycles. The molecule has 0 amide bonds. The minimum absolute atomic E-state index is 0. The summed E-state index contributed by atoms with van der Waals surface area (Å²) in [6, 6.07) is 9.82. The van der Waals surface area contributed by atoms with Crippen molar-refractivity contribution >= 4 is 0 Å². The van der Waals surface area contributed by atoms with Crippen LogP contribution in [-0.2, 0) is 9.47 Å². The smallest absolute Gasteiger partial charge is 0.389 e. The van der Waals surface area contributed by atoms with Gasteiger partial charge in [-0.15, -0.1) is 12.1 Å². The van der Waals surface area contributed by atoms with E-state index >= 15 is 0 Å². The molecule has 0 spiro atoms. The van der Waals surface area contributed by atoms with Gasteiger partial charge in [0, 0.05) is 7.11 Å². The van der Waals surface area contributed by atoms with Crippen molar-refractivity contribution in [3.05, 3.63) is 42.5 Å². The zero-order chi connectivity index (χ0) is 7.94. The van der Waals surface area contributed by atoms with Crippen molar-refractivity contribution in [2.24, 2.45) is 0 Å². The van der Waals surface area contributed by atoms with Crippen LogP contribution in [0.15, 0.2) is 30.3 Å². The first kappa shape index (κ1) is 11.6. The van der Waals surface area contributed by atoms with E-state index < -0.39 is 0 Å². The van der Waals surface area contributed by atoms with E-state index in [4.69, 9.17) is 9.47 Å². The van der Waals surface area contributed by atoms with E-state index in [9.17, 15) is 0 Å². The summed E-state index contributed by atoms with van der Waals surface area (Å²) in [6.45, 7) is 1.97. The van der Waals surface area contributed by atoms with Crippen molar-refractivity contribution in [2.45, 2.75) is 0 Å². The van der Waals surface area contributed by atoms with Gasteiger partial charge in [-0.2, -0.15) is 17.7 Å². The van der Waals surface area contributed by atoms with Crippen LogP contribution in [0.4, 0.5) is 0 Å². The fourth-order valence-corrected chi connectivity index (χ4v) is 0.730. The van der Waals surface area contributed by atoms with Crippen LogP contribution in [0.2, 0.25) is 0 Å². The first-order chi connectivity index (χ1) is 5.43. The Morgan fingerprint density at radius 2 is 1.92 bits per heavy atom. The van der Waals surface area contributed by atoms with Crippen LogP contribution < -0.4 is 18.9 Å². The molecule has 3 heteroatoms. The van der Waals surface area contributed by atoms with Gasteiger partial charge in [-0.05, 0) is 0 Å². The van der Waals surface area contributed by atoms with E-state index in [1.165, 1.54) is 0 Å². The number of hydrogen-bond acceptors (Lipinski definition) is 2. The van der Waals surface area contributed by atoms with Crippen molar-refractivity contribution in [3.8, 4) is 0 Å². The summed E-state index contributed by atoms with van der Waals surface area (Å²) < 4.78 is 9.73. The maximum absolute atomic E-state index is 5.02. The van der Waals surface area contributed by atoms with Crippen LogP contribution in [0.3, 0.4) is 0 Å². The van der Waals surface area contributed by atoms with E-state index in [0.717, 1.165) is 5.56 Å². The number of hydrogen-bond donors (Lipinski definition) is 0. The average Bonchev–Trinajstić information content (AvgIpc) is 2.07. The van der Waals surface area contributed by atoms with Crippen molar-refractivity contribution in [3.63, 3.8) is 0 Å². The third kappa shape index (κ3) is 4.48. The van der Waals surface area contributed by atoms with Crippen molar-refractivity contribution in [2.75, 3.05) is 13.9 Å². The SMILES string of the molecule is COCO[CH-]c1ccccc1.[Li+]. The largest absolute Gasteiger partial charge is 1.00 e. The van der Waals surface area contributed by atoms with E-state index in [2.05, 4.69) is 0 Å². The Balaban J connectivity index is 0.00000121. The molecule has 0 radical (unpaired) electrons. The first-order valence-electron chi connectivity index (χ1n) is 3.42. The Morgan fingerprint density at radius 1 is 1.25 bits per heavy atom. The van der Waals surface area contributed by atoms with Gasteiger partial charge in [-0.3, -0.25) is 0 Å².